The number of benzene rings is 1. The van der Waals surface area contributed by atoms with Crippen molar-refractivity contribution in [1.29, 1.82) is 0 Å². The van der Waals surface area contributed by atoms with Crippen LogP contribution in [0.2, 0.25) is 0 Å². The van der Waals surface area contributed by atoms with Crippen LogP contribution in [0.3, 0.4) is 0 Å². The molecule has 0 atom stereocenters. The van der Waals surface area contributed by atoms with Crippen molar-refractivity contribution in [3.8, 4) is 5.75 Å². The molecule has 2 aliphatic rings. The summed E-state index contributed by atoms with van der Waals surface area (Å²) in [7, 11) is 0. The van der Waals surface area contributed by atoms with Crippen LogP contribution in [0.15, 0.2) is 55.6 Å². The maximum Gasteiger partial charge on any atom is 0.225 e. The molecule has 1 aliphatic carbocycles. The van der Waals surface area contributed by atoms with E-state index in [-0.39, 0.29) is 5.60 Å². The van der Waals surface area contributed by atoms with E-state index in [1.54, 1.807) is 18.7 Å². The zero-order chi connectivity index (χ0) is 22.8. The second-order valence-electron chi connectivity index (χ2n) is 8.67. The van der Waals surface area contributed by atoms with Crippen LogP contribution in [-0.4, -0.2) is 51.7 Å². The zero-order valence-electron chi connectivity index (χ0n) is 18.7. The Kier molecular flexibility index (Phi) is 5.55. The Balaban J connectivity index is 1.33. The number of hydrogen-bond acceptors (Lipinski definition) is 9. The third-order valence-corrected chi connectivity index (χ3v) is 6.19. The van der Waals surface area contributed by atoms with Crippen molar-refractivity contribution < 1.29 is 4.74 Å². The minimum absolute atomic E-state index is 0.0642. The highest BCUT2D eigenvalue weighted by atomic mass is 16.5. The monoisotopic (exact) mass is 444 g/mol. The molecule has 0 amide bonds. The number of nitrogens with zero attached hydrogens (tertiary/aromatic N) is 6. The van der Waals surface area contributed by atoms with Crippen LogP contribution in [0.4, 0.5) is 17.5 Å². The Labute approximate surface area is 193 Å². The van der Waals surface area contributed by atoms with Gasteiger partial charge in [0.1, 0.15) is 23.5 Å². The lowest BCUT2D eigenvalue weighted by Gasteiger charge is -2.35. The number of nitrogens with two attached hydrogens (primary N) is 1. The number of hydrogen-bond donors (Lipinski definition) is 2. The van der Waals surface area contributed by atoms with Crippen molar-refractivity contribution in [2.45, 2.75) is 25.4 Å². The molecule has 0 unspecified atom stereocenters. The first kappa shape index (κ1) is 21.1. The van der Waals surface area contributed by atoms with Crippen molar-refractivity contribution in [3.63, 3.8) is 0 Å². The largest absolute Gasteiger partial charge is 0.488 e. The molecule has 1 aliphatic heterocycles. The lowest BCUT2D eigenvalue weighted by atomic mass is 10.0. The summed E-state index contributed by atoms with van der Waals surface area (Å²) < 4.78 is 6.14. The van der Waals surface area contributed by atoms with Crippen LogP contribution in [0, 0.1) is 0 Å². The summed E-state index contributed by atoms with van der Waals surface area (Å²) in [6.07, 6.45) is 7.26. The summed E-state index contributed by atoms with van der Waals surface area (Å²) in [4.78, 5) is 22.1. The van der Waals surface area contributed by atoms with Gasteiger partial charge in [0.2, 0.25) is 5.95 Å². The van der Waals surface area contributed by atoms with Crippen molar-refractivity contribution in [3.05, 3.63) is 66.9 Å². The van der Waals surface area contributed by atoms with Crippen molar-refractivity contribution >= 4 is 23.0 Å². The Morgan fingerprint density at radius 1 is 1.03 bits per heavy atom. The molecule has 9 heteroatoms. The molecule has 3 heterocycles. The number of ether oxygens (including phenoxy) is 1. The molecule has 2 aromatic heterocycles. The van der Waals surface area contributed by atoms with E-state index in [9.17, 15) is 0 Å². The van der Waals surface area contributed by atoms with E-state index in [0.717, 1.165) is 79.1 Å². The molecule has 3 N–H and O–H groups in total. The molecule has 0 radical (unpaired) electrons. The second-order valence-corrected chi connectivity index (χ2v) is 8.67. The molecule has 5 rings (SSSR count). The van der Waals surface area contributed by atoms with Gasteiger partial charge < -0.3 is 20.0 Å². The van der Waals surface area contributed by atoms with Crippen LogP contribution in [-0.2, 0) is 0 Å². The first-order valence-corrected chi connectivity index (χ1v) is 11.1. The molecule has 3 aromatic rings. The average Bonchev–Trinajstić information content (AvgIpc) is 3.60. The summed E-state index contributed by atoms with van der Waals surface area (Å²) in [5, 5.41) is 0. The maximum atomic E-state index is 6.14. The topological polar surface area (TPSA) is 105 Å². The van der Waals surface area contributed by atoms with Crippen LogP contribution in [0.5, 0.6) is 5.75 Å². The molecule has 2 fully saturated rings. The Hall–Kier alpha value is -3.72. The molecular formula is C24H28N8O. The molecule has 1 aromatic carbocycles. The van der Waals surface area contributed by atoms with Gasteiger partial charge in [0.25, 0.3) is 0 Å². The number of nitrogen functional groups attached to an aromatic ring is 1. The zero-order valence-corrected chi connectivity index (χ0v) is 18.7. The highest BCUT2D eigenvalue weighted by Crippen LogP contribution is 2.41. The average molecular weight is 445 g/mol. The smallest absolute Gasteiger partial charge is 0.225 e. The van der Waals surface area contributed by atoms with Crippen LogP contribution < -0.4 is 25.8 Å². The molecule has 1 saturated heterocycles. The van der Waals surface area contributed by atoms with E-state index in [1.165, 1.54) is 0 Å². The molecule has 0 bridgehead atoms. The summed E-state index contributed by atoms with van der Waals surface area (Å²) in [5.41, 5.74) is 5.83. The normalized spacial score (nSPS) is 16.9. The maximum absolute atomic E-state index is 6.14. The van der Waals surface area contributed by atoms with Crippen molar-refractivity contribution in [2.24, 2.45) is 5.84 Å². The van der Waals surface area contributed by atoms with Gasteiger partial charge in [-0.3, -0.25) is 5.84 Å². The molecule has 9 nitrogen and oxygen atoms in total. The van der Waals surface area contributed by atoms with Crippen molar-refractivity contribution in [2.75, 3.05) is 41.4 Å². The van der Waals surface area contributed by atoms with Gasteiger partial charge in [-0.25, -0.2) is 19.9 Å². The number of anilines is 3. The van der Waals surface area contributed by atoms with E-state index < -0.39 is 0 Å². The highest BCUT2D eigenvalue weighted by Gasteiger charge is 2.40. The Morgan fingerprint density at radius 3 is 2.45 bits per heavy atom. The fraction of sp³-hybridized carbons (Fsp3) is 0.333. The quantitative estimate of drug-likeness (QED) is 0.420. The summed E-state index contributed by atoms with van der Waals surface area (Å²) in [6, 6.07) is 9.62. The van der Waals surface area contributed by atoms with Crippen LogP contribution in [0.1, 0.15) is 31.0 Å². The Morgan fingerprint density at radius 2 is 1.76 bits per heavy atom. The predicted octanol–water partition coefficient (Wildman–Crippen LogP) is 2.87. The van der Waals surface area contributed by atoms with Crippen molar-refractivity contribution in [1.82, 2.24) is 19.9 Å². The van der Waals surface area contributed by atoms with Gasteiger partial charge >= 0.3 is 0 Å². The van der Waals surface area contributed by atoms with Gasteiger partial charge in [0.05, 0.1) is 11.4 Å². The van der Waals surface area contributed by atoms with Gasteiger partial charge in [-0.2, -0.15) is 0 Å². The first-order chi connectivity index (χ1) is 16.0. The Bertz CT molecular complexity index is 1140. The van der Waals surface area contributed by atoms with E-state index >= 15 is 0 Å². The molecule has 0 spiro atoms. The van der Waals surface area contributed by atoms with Gasteiger partial charge in [0, 0.05) is 55.8 Å². The fourth-order valence-electron chi connectivity index (χ4n) is 3.94. The third kappa shape index (κ3) is 4.58. The number of rotatable bonds is 7. The lowest BCUT2D eigenvalue weighted by Crippen LogP contribution is -2.47. The standard InChI is InChI=1S/C24H28N8O/c1-17(19-14-18(4-5-20(19)30-25)33-24(2)6-7-24)21-15-22(29-16-28-21)31-10-12-32(13-11-31)23-26-8-3-9-27-23/h3-5,8-9,14-16,30H,1,6-7,10-13,25H2,2H3. The number of aromatic nitrogens is 4. The second kappa shape index (κ2) is 8.67. The molecule has 170 valence electrons. The highest BCUT2D eigenvalue weighted by molar-refractivity contribution is 5.84. The molecule has 33 heavy (non-hydrogen) atoms. The van der Waals surface area contributed by atoms with Gasteiger partial charge in [-0.1, -0.05) is 6.58 Å². The van der Waals surface area contributed by atoms with Gasteiger partial charge in [-0.15, -0.1) is 0 Å². The third-order valence-electron chi connectivity index (χ3n) is 6.19. The SMILES string of the molecule is C=C(c1cc(N2CCN(c3ncccn3)CC2)ncn1)c1cc(OC2(C)CC2)ccc1NN. The van der Waals surface area contributed by atoms with E-state index in [4.69, 9.17) is 10.6 Å². The number of nitrogens with one attached hydrogen (secondary N) is 1. The van der Waals surface area contributed by atoms with Gasteiger partial charge in [-0.05, 0) is 44.0 Å². The van der Waals surface area contributed by atoms with Gasteiger partial charge in [0.15, 0.2) is 0 Å². The van der Waals surface area contributed by atoms with E-state index in [1.807, 2.05) is 30.3 Å². The molecular weight excluding hydrogens is 416 g/mol. The first-order valence-electron chi connectivity index (χ1n) is 11.1. The minimum Gasteiger partial charge on any atom is -0.488 e. The van der Waals surface area contributed by atoms with Crippen LogP contribution in [0.25, 0.3) is 5.57 Å². The number of piperazine rings is 1. The number of hydrazine groups is 1. The predicted molar refractivity (Wildman–Crippen MR) is 129 cm³/mol. The summed E-state index contributed by atoms with van der Waals surface area (Å²) >= 11 is 0. The van der Waals surface area contributed by atoms with Crippen LogP contribution >= 0.6 is 0 Å². The molecule has 1 saturated carbocycles. The fourth-order valence-corrected chi connectivity index (χ4v) is 3.94. The van der Waals surface area contributed by atoms with E-state index in [0.29, 0.717) is 0 Å². The minimum atomic E-state index is -0.0642. The lowest BCUT2D eigenvalue weighted by molar-refractivity contribution is 0.200. The summed E-state index contributed by atoms with van der Waals surface area (Å²) in [6.45, 7) is 9.71. The van der Waals surface area contributed by atoms with E-state index in [2.05, 4.69) is 48.7 Å². The summed E-state index contributed by atoms with van der Waals surface area (Å²) in [5.74, 6) is 8.21.